The summed E-state index contributed by atoms with van der Waals surface area (Å²) in [6.45, 7) is 11.2. The average Bonchev–Trinajstić information content (AvgIpc) is 2.31. The van der Waals surface area contributed by atoms with Gasteiger partial charge in [0, 0.05) is 11.6 Å². The second-order valence-electron chi connectivity index (χ2n) is 6.65. The summed E-state index contributed by atoms with van der Waals surface area (Å²) in [5.41, 5.74) is 0.146. The van der Waals surface area contributed by atoms with Gasteiger partial charge in [-0.25, -0.2) is 8.78 Å². The highest BCUT2D eigenvalue weighted by Gasteiger charge is 2.27. The third-order valence-corrected chi connectivity index (χ3v) is 4.20. The minimum Gasteiger partial charge on any atom is -0.314 e. The predicted molar refractivity (Wildman–Crippen MR) is 83.8 cm³/mol. The number of halogens is 3. The first-order chi connectivity index (χ1) is 9.12. The molecule has 0 aliphatic rings. The molecule has 0 heterocycles. The Morgan fingerprint density at radius 1 is 1.20 bits per heavy atom. The van der Waals surface area contributed by atoms with Crippen LogP contribution in [0.1, 0.15) is 40.2 Å². The van der Waals surface area contributed by atoms with Gasteiger partial charge in [0.25, 0.3) is 0 Å². The van der Waals surface area contributed by atoms with Crippen molar-refractivity contribution < 1.29 is 8.78 Å². The molecule has 114 valence electrons. The highest BCUT2D eigenvalue weighted by atomic mass is 79.9. The lowest BCUT2D eigenvalue weighted by Gasteiger charge is -2.32. The minimum absolute atomic E-state index is 0.0247. The Balaban J connectivity index is 2.98. The Bertz CT molecular complexity index is 453. The monoisotopic (exact) mass is 347 g/mol. The molecule has 0 saturated heterocycles. The van der Waals surface area contributed by atoms with Crippen molar-refractivity contribution in [1.82, 2.24) is 5.32 Å². The molecule has 4 heteroatoms. The first kappa shape index (κ1) is 17.6. The SMILES string of the molecule is CC(C)NCC(Cc1c(F)ccc(Br)c1F)C(C)(C)C. The Morgan fingerprint density at radius 3 is 2.30 bits per heavy atom. The molecule has 0 aliphatic heterocycles. The fourth-order valence-electron chi connectivity index (χ4n) is 2.07. The van der Waals surface area contributed by atoms with Gasteiger partial charge in [0.2, 0.25) is 0 Å². The summed E-state index contributed by atoms with van der Waals surface area (Å²) in [7, 11) is 0. The van der Waals surface area contributed by atoms with Crippen molar-refractivity contribution in [3.8, 4) is 0 Å². The molecular weight excluding hydrogens is 324 g/mol. The van der Waals surface area contributed by atoms with Gasteiger partial charge in [0.1, 0.15) is 11.6 Å². The van der Waals surface area contributed by atoms with E-state index in [4.69, 9.17) is 0 Å². The summed E-state index contributed by atoms with van der Waals surface area (Å²) < 4.78 is 28.3. The van der Waals surface area contributed by atoms with E-state index in [0.29, 0.717) is 16.9 Å². The van der Waals surface area contributed by atoms with Gasteiger partial charge in [0.05, 0.1) is 4.47 Å². The van der Waals surface area contributed by atoms with Gasteiger partial charge in [-0.05, 0) is 52.4 Å². The predicted octanol–water partition coefficient (Wildman–Crippen LogP) is 4.93. The van der Waals surface area contributed by atoms with Crippen molar-refractivity contribution in [3.05, 3.63) is 33.8 Å². The van der Waals surface area contributed by atoms with Crippen LogP contribution in [0.5, 0.6) is 0 Å². The van der Waals surface area contributed by atoms with Crippen LogP contribution in [0.15, 0.2) is 16.6 Å². The lowest BCUT2D eigenvalue weighted by atomic mass is 9.77. The number of hydrogen-bond acceptors (Lipinski definition) is 1. The average molecular weight is 348 g/mol. The van der Waals surface area contributed by atoms with E-state index < -0.39 is 11.6 Å². The Hall–Kier alpha value is -0.480. The zero-order valence-corrected chi connectivity index (χ0v) is 14.4. The molecule has 0 aliphatic carbocycles. The maximum atomic E-state index is 14.1. The van der Waals surface area contributed by atoms with E-state index in [1.54, 1.807) is 0 Å². The summed E-state index contributed by atoms with van der Waals surface area (Å²) in [4.78, 5) is 0. The second kappa shape index (κ2) is 6.99. The molecule has 0 radical (unpaired) electrons. The van der Waals surface area contributed by atoms with Crippen molar-refractivity contribution >= 4 is 15.9 Å². The molecule has 0 fully saturated rings. The van der Waals surface area contributed by atoms with E-state index >= 15 is 0 Å². The topological polar surface area (TPSA) is 12.0 Å². The van der Waals surface area contributed by atoms with Gasteiger partial charge in [-0.3, -0.25) is 0 Å². The Labute approximate surface area is 129 Å². The van der Waals surface area contributed by atoms with Crippen molar-refractivity contribution in [3.63, 3.8) is 0 Å². The molecule has 1 aromatic rings. The normalized spacial score (nSPS) is 13.8. The molecular formula is C16H24BrF2N. The van der Waals surface area contributed by atoms with Crippen LogP contribution in [-0.2, 0) is 6.42 Å². The van der Waals surface area contributed by atoms with Crippen LogP contribution < -0.4 is 5.32 Å². The smallest absolute Gasteiger partial charge is 0.143 e. The molecule has 0 spiro atoms. The highest BCUT2D eigenvalue weighted by molar-refractivity contribution is 9.10. The fourth-order valence-corrected chi connectivity index (χ4v) is 2.44. The van der Waals surface area contributed by atoms with Crippen LogP contribution in [-0.4, -0.2) is 12.6 Å². The zero-order chi connectivity index (χ0) is 15.5. The largest absolute Gasteiger partial charge is 0.314 e. The zero-order valence-electron chi connectivity index (χ0n) is 12.9. The van der Waals surface area contributed by atoms with Crippen LogP contribution in [0.2, 0.25) is 0 Å². The maximum Gasteiger partial charge on any atom is 0.143 e. The Kier molecular flexibility index (Phi) is 6.14. The third kappa shape index (κ3) is 4.81. The lowest BCUT2D eigenvalue weighted by molar-refractivity contribution is 0.223. The summed E-state index contributed by atoms with van der Waals surface area (Å²) in [5, 5.41) is 3.37. The lowest BCUT2D eigenvalue weighted by Crippen LogP contribution is -2.36. The minimum atomic E-state index is -0.483. The quantitative estimate of drug-likeness (QED) is 0.744. The van der Waals surface area contributed by atoms with Gasteiger partial charge in [-0.15, -0.1) is 0 Å². The van der Waals surface area contributed by atoms with Crippen molar-refractivity contribution in [1.29, 1.82) is 0 Å². The Morgan fingerprint density at radius 2 is 1.80 bits per heavy atom. The second-order valence-corrected chi connectivity index (χ2v) is 7.51. The van der Waals surface area contributed by atoms with Crippen LogP contribution >= 0.6 is 15.9 Å². The van der Waals surface area contributed by atoms with Crippen molar-refractivity contribution in [2.24, 2.45) is 11.3 Å². The number of benzene rings is 1. The van der Waals surface area contributed by atoms with Crippen LogP contribution in [0.25, 0.3) is 0 Å². The van der Waals surface area contributed by atoms with E-state index in [1.807, 2.05) is 0 Å². The molecule has 0 saturated carbocycles. The molecule has 20 heavy (non-hydrogen) atoms. The van der Waals surface area contributed by atoms with Crippen LogP contribution in [0.3, 0.4) is 0 Å². The number of rotatable bonds is 5. The first-order valence-corrected chi connectivity index (χ1v) is 7.78. The number of nitrogens with one attached hydrogen (secondary N) is 1. The summed E-state index contributed by atoms with van der Waals surface area (Å²) in [6, 6.07) is 3.09. The fraction of sp³-hybridized carbons (Fsp3) is 0.625. The molecule has 1 unspecified atom stereocenters. The van der Waals surface area contributed by atoms with E-state index in [2.05, 4.69) is 55.9 Å². The highest BCUT2D eigenvalue weighted by Crippen LogP contribution is 2.32. The molecule has 1 nitrogen and oxygen atoms in total. The molecule has 1 rings (SSSR count). The molecule has 1 aromatic carbocycles. The van der Waals surface area contributed by atoms with E-state index in [9.17, 15) is 8.78 Å². The van der Waals surface area contributed by atoms with Gasteiger partial charge < -0.3 is 5.32 Å². The summed E-state index contributed by atoms with van der Waals surface area (Å²) >= 11 is 3.13. The van der Waals surface area contributed by atoms with E-state index in [0.717, 1.165) is 6.54 Å². The maximum absolute atomic E-state index is 14.1. The van der Waals surface area contributed by atoms with Gasteiger partial charge in [-0.1, -0.05) is 34.6 Å². The van der Waals surface area contributed by atoms with Crippen LogP contribution in [0.4, 0.5) is 8.78 Å². The molecule has 1 N–H and O–H groups in total. The van der Waals surface area contributed by atoms with Crippen molar-refractivity contribution in [2.45, 2.75) is 47.1 Å². The molecule has 0 bridgehead atoms. The molecule has 0 aromatic heterocycles. The number of hydrogen-bond donors (Lipinski definition) is 1. The van der Waals surface area contributed by atoms with Gasteiger partial charge in [-0.2, -0.15) is 0 Å². The molecule has 0 amide bonds. The summed E-state index contributed by atoms with van der Waals surface area (Å²) in [5.74, 6) is -0.795. The standard InChI is InChI=1S/C16H24BrF2N/c1-10(2)20-9-11(16(3,4)5)8-12-14(18)7-6-13(17)15(12)19/h6-7,10-11,20H,8-9H2,1-5H3. The summed E-state index contributed by atoms with van der Waals surface area (Å²) in [6.07, 6.45) is 0.389. The van der Waals surface area contributed by atoms with E-state index in [1.165, 1.54) is 12.1 Å². The first-order valence-electron chi connectivity index (χ1n) is 6.98. The van der Waals surface area contributed by atoms with Crippen LogP contribution in [0, 0.1) is 23.0 Å². The van der Waals surface area contributed by atoms with Gasteiger partial charge >= 0.3 is 0 Å². The third-order valence-electron chi connectivity index (χ3n) is 3.59. The molecule has 1 atom stereocenters. The van der Waals surface area contributed by atoms with Gasteiger partial charge in [0.15, 0.2) is 0 Å². The van der Waals surface area contributed by atoms with E-state index in [-0.39, 0.29) is 16.9 Å². The van der Waals surface area contributed by atoms with Crippen molar-refractivity contribution in [2.75, 3.05) is 6.54 Å².